The molecule has 18 heavy (non-hydrogen) atoms. The number of hydrogen-bond acceptors (Lipinski definition) is 3. The summed E-state index contributed by atoms with van der Waals surface area (Å²) in [5, 5.41) is 10.6. The fourth-order valence-corrected chi connectivity index (χ4v) is 3.14. The van der Waals surface area contributed by atoms with Gasteiger partial charge in [0.25, 0.3) is 0 Å². The number of aliphatic hydroxyl groups is 1. The second-order valence-corrected chi connectivity index (χ2v) is 7.52. The zero-order valence-corrected chi connectivity index (χ0v) is 12.8. The average Bonchev–Trinajstić information content (AvgIpc) is 2.23. The highest BCUT2D eigenvalue weighted by Gasteiger charge is 2.47. The van der Waals surface area contributed by atoms with Crippen molar-refractivity contribution in [3.05, 3.63) is 0 Å². The first-order valence-electron chi connectivity index (χ1n) is 7.15. The van der Waals surface area contributed by atoms with Crippen LogP contribution in [0.25, 0.3) is 0 Å². The molecule has 0 aromatic heterocycles. The van der Waals surface area contributed by atoms with Crippen molar-refractivity contribution in [2.24, 2.45) is 16.6 Å². The van der Waals surface area contributed by atoms with Crippen LogP contribution in [0.5, 0.6) is 0 Å². The van der Waals surface area contributed by atoms with E-state index in [-0.39, 0.29) is 22.5 Å². The van der Waals surface area contributed by atoms with E-state index in [4.69, 9.17) is 10.5 Å². The van der Waals surface area contributed by atoms with Crippen molar-refractivity contribution < 1.29 is 9.84 Å². The summed E-state index contributed by atoms with van der Waals surface area (Å²) < 4.78 is 5.81. The maximum atomic E-state index is 10.6. The maximum absolute atomic E-state index is 10.6. The molecule has 3 nitrogen and oxygen atoms in total. The summed E-state index contributed by atoms with van der Waals surface area (Å²) in [4.78, 5) is 0. The molecule has 3 N–H and O–H groups in total. The molecule has 0 radical (unpaired) electrons. The second kappa shape index (κ2) is 5.48. The predicted octanol–water partition coefficient (Wildman–Crippen LogP) is 2.71. The monoisotopic (exact) mass is 257 g/mol. The quantitative estimate of drug-likeness (QED) is 0.814. The third-order valence-electron chi connectivity index (χ3n) is 4.36. The Labute approximate surface area is 112 Å². The first-order valence-corrected chi connectivity index (χ1v) is 7.15. The van der Waals surface area contributed by atoms with Gasteiger partial charge in [0.15, 0.2) is 0 Å². The van der Waals surface area contributed by atoms with Crippen LogP contribution in [0.2, 0.25) is 0 Å². The van der Waals surface area contributed by atoms with E-state index in [1.807, 2.05) is 0 Å². The molecule has 1 saturated carbocycles. The lowest BCUT2D eigenvalue weighted by molar-refractivity contribution is -0.110. The van der Waals surface area contributed by atoms with Gasteiger partial charge in [-0.05, 0) is 45.4 Å². The first kappa shape index (κ1) is 15.9. The van der Waals surface area contributed by atoms with Crippen molar-refractivity contribution in [1.82, 2.24) is 0 Å². The minimum absolute atomic E-state index is 0.0284. The van der Waals surface area contributed by atoms with Gasteiger partial charge in [0, 0.05) is 18.6 Å². The summed E-state index contributed by atoms with van der Waals surface area (Å²) in [5.41, 5.74) is 5.68. The summed E-state index contributed by atoms with van der Waals surface area (Å²) in [7, 11) is 0. The molecule has 0 saturated heterocycles. The largest absolute Gasteiger partial charge is 0.392 e. The Kier molecular flexibility index (Phi) is 4.85. The van der Waals surface area contributed by atoms with Crippen LogP contribution in [0, 0.1) is 10.8 Å². The van der Waals surface area contributed by atoms with E-state index in [2.05, 4.69) is 34.6 Å². The zero-order chi connectivity index (χ0) is 14.0. The molecule has 0 spiro atoms. The predicted molar refractivity (Wildman–Crippen MR) is 75.4 cm³/mol. The molecule has 0 aromatic carbocycles. The molecular weight excluding hydrogens is 226 g/mol. The van der Waals surface area contributed by atoms with Gasteiger partial charge in [-0.3, -0.25) is 0 Å². The minimum Gasteiger partial charge on any atom is -0.392 e. The average molecular weight is 257 g/mol. The third-order valence-corrected chi connectivity index (χ3v) is 4.36. The molecule has 1 aliphatic rings. The maximum Gasteiger partial charge on any atom is 0.0660 e. The lowest BCUT2D eigenvalue weighted by atomic mass is 9.60. The van der Waals surface area contributed by atoms with Crippen molar-refractivity contribution in [2.45, 2.75) is 72.0 Å². The zero-order valence-electron chi connectivity index (χ0n) is 12.8. The molecule has 2 atom stereocenters. The van der Waals surface area contributed by atoms with Gasteiger partial charge in [-0.15, -0.1) is 0 Å². The van der Waals surface area contributed by atoms with Crippen LogP contribution in [0.3, 0.4) is 0 Å². The lowest BCUT2D eigenvalue weighted by Crippen LogP contribution is -2.52. The third kappa shape index (κ3) is 3.69. The van der Waals surface area contributed by atoms with E-state index in [9.17, 15) is 5.11 Å². The van der Waals surface area contributed by atoms with Crippen molar-refractivity contribution >= 4 is 0 Å². The van der Waals surface area contributed by atoms with Gasteiger partial charge in [-0.2, -0.15) is 0 Å². The molecule has 0 bridgehead atoms. The minimum atomic E-state index is -0.327. The summed E-state index contributed by atoms with van der Waals surface area (Å²) in [6.45, 7) is 11.7. The Hall–Kier alpha value is -0.120. The van der Waals surface area contributed by atoms with Gasteiger partial charge in [-0.25, -0.2) is 0 Å². The van der Waals surface area contributed by atoms with Crippen molar-refractivity contribution in [2.75, 3.05) is 13.2 Å². The summed E-state index contributed by atoms with van der Waals surface area (Å²) in [5.74, 6) is 0. The highest BCUT2D eigenvalue weighted by Crippen LogP contribution is 2.47. The molecule has 0 aliphatic heterocycles. The van der Waals surface area contributed by atoms with Crippen LogP contribution in [0.1, 0.15) is 60.3 Å². The number of aliphatic hydroxyl groups excluding tert-OH is 1. The van der Waals surface area contributed by atoms with Crippen LogP contribution < -0.4 is 5.73 Å². The molecule has 1 rings (SSSR count). The van der Waals surface area contributed by atoms with E-state index in [0.29, 0.717) is 13.2 Å². The SMILES string of the molecule is CC(C)(C)OCCC1(CN)CCCC(C)(C)C1O. The fraction of sp³-hybridized carbons (Fsp3) is 1.00. The van der Waals surface area contributed by atoms with Crippen molar-refractivity contribution in [3.8, 4) is 0 Å². The van der Waals surface area contributed by atoms with Gasteiger partial charge in [0.1, 0.15) is 0 Å². The molecule has 1 fully saturated rings. The van der Waals surface area contributed by atoms with Crippen molar-refractivity contribution in [3.63, 3.8) is 0 Å². The van der Waals surface area contributed by atoms with Crippen LogP contribution in [-0.4, -0.2) is 30.0 Å². The van der Waals surface area contributed by atoms with Gasteiger partial charge in [-0.1, -0.05) is 20.3 Å². The topological polar surface area (TPSA) is 55.5 Å². The molecule has 0 aromatic rings. The van der Waals surface area contributed by atoms with Gasteiger partial charge in [0.2, 0.25) is 0 Å². The molecule has 2 unspecified atom stereocenters. The molecule has 108 valence electrons. The number of rotatable bonds is 4. The Morgan fingerprint density at radius 2 is 1.89 bits per heavy atom. The normalized spacial score (nSPS) is 32.5. The highest BCUT2D eigenvalue weighted by atomic mass is 16.5. The van der Waals surface area contributed by atoms with E-state index in [1.54, 1.807) is 0 Å². The molecule has 0 heterocycles. The van der Waals surface area contributed by atoms with Crippen LogP contribution in [0.4, 0.5) is 0 Å². The van der Waals surface area contributed by atoms with Gasteiger partial charge < -0.3 is 15.6 Å². The number of ether oxygens (including phenoxy) is 1. The second-order valence-electron chi connectivity index (χ2n) is 7.52. The van der Waals surface area contributed by atoms with E-state index in [0.717, 1.165) is 25.7 Å². The van der Waals surface area contributed by atoms with E-state index in [1.165, 1.54) is 0 Å². The molecular formula is C15H31NO2. The molecule has 3 heteroatoms. The van der Waals surface area contributed by atoms with Crippen LogP contribution in [0.15, 0.2) is 0 Å². The summed E-state index contributed by atoms with van der Waals surface area (Å²) in [6.07, 6.45) is 3.77. The number of hydrogen-bond donors (Lipinski definition) is 2. The molecule has 0 amide bonds. The van der Waals surface area contributed by atoms with E-state index < -0.39 is 0 Å². The fourth-order valence-electron chi connectivity index (χ4n) is 3.14. The smallest absolute Gasteiger partial charge is 0.0660 e. The number of nitrogens with two attached hydrogens (primary N) is 1. The van der Waals surface area contributed by atoms with E-state index >= 15 is 0 Å². The Morgan fingerprint density at radius 1 is 1.28 bits per heavy atom. The van der Waals surface area contributed by atoms with Crippen LogP contribution in [-0.2, 0) is 4.74 Å². The summed E-state index contributed by atoms with van der Waals surface area (Å²) >= 11 is 0. The Balaban J connectivity index is 2.67. The van der Waals surface area contributed by atoms with Crippen LogP contribution >= 0.6 is 0 Å². The van der Waals surface area contributed by atoms with Gasteiger partial charge in [0.05, 0.1) is 11.7 Å². The standard InChI is InChI=1S/C15H31NO2/c1-13(2,3)18-10-9-15(11-16)8-6-7-14(4,5)12(15)17/h12,17H,6-11,16H2,1-5H3. The van der Waals surface area contributed by atoms with Crippen molar-refractivity contribution in [1.29, 1.82) is 0 Å². The first-order chi connectivity index (χ1) is 8.13. The Bertz CT molecular complexity index is 270. The Morgan fingerprint density at radius 3 is 2.39 bits per heavy atom. The summed E-state index contributed by atoms with van der Waals surface area (Å²) in [6, 6.07) is 0. The molecule has 1 aliphatic carbocycles. The lowest BCUT2D eigenvalue weighted by Gasteiger charge is -2.49. The highest BCUT2D eigenvalue weighted by molar-refractivity contribution is 4.98. The van der Waals surface area contributed by atoms with Gasteiger partial charge >= 0.3 is 0 Å².